The number of nitrogens with one attached hydrogen (secondary N) is 1. The highest BCUT2D eigenvalue weighted by Gasteiger charge is 2.27. The van der Waals surface area contributed by atoms with Gasteiger partial charge in [0.2, 0.25) is 5.91 Å². The van der Waals surface area contributed by atoms with E-state index in [4.69, 9.17) is 9.84 Å². The normalized spacial score (nSPS) is 19.8. The molecule has 0 unspecified atom stereocenters. The van der Waals surface area contributed by atoms with Gasteiger partial charge in [-0.2, -0.15) is 0 Å². The molecule has 0 aliphatic carbocycles. The zero-order chi connectivity index (χ0) is 14.8. The fourth-order valence-electron chi connectivity index (χ4n) is 2.44. The molecule has 5 nitrogen and oxygen atoms in total. The number of carbonyl (C=O) groups excluding carboxylic acids is 1. The van der Waals surface area contributed by atoms with Crippen LogP contribution in [0.3, 0.4) is 0 Å². The zero-order valence-corrected chi connectivity index (χ0v) is 12.4. The van der Waals surface area contributed by atoms with E-state index in [0.29, 0.717) is 19.4 Å². The van der Waals surface area contributed by atoms with Crippen LogP contribution < -0.4 is 5.32 Å². The van der Waals surface area contributed by atoms with Crippen molar-refractivity contribution in [3.63, 3.8) is 0 Å². The molecule has 1 amide bonds. The van der Waals surface area contributed by atoms with Crippen LogP contribution in [0.25, 0.3) is 0 Å². The van der Waals surface area contributed by atoms with Crippen molar-refractivity contribution in [1.29, 1.82) is 0 Å². The number of hydrogen-bond acceptors (Lipinski definition) is 3. The Morgan fingerprint density at radius 3 is 2.55 bits per heavy atom. The molecule has 1 aliphatic heterocycles. The Morgan fingerprint density at radius 1 is 1.25 bits per heavy atom. The maximum absolute atomic E-state index is 11.8. The molecule has 0 spiro atoms. The number of unbranched alkanes of at least 4 members (excludes halogenated alkanes) is 5. The molecule has 1 fully saturated rings. The molecule has 0 aromatic carbocycles. The van der Waals surface area contributed by atoms with Gasteiger partial charge in [-0.3, -0.25) is 4.79 Å². The first kappa shape index (κ1) is 17.0. The second-order valence-electron chi connectivity index (χ2n) is 5.46. The molecule has 5 heteroatoms. The number of amides is 1. The lowest BCUT2D eigenvalue weighted by Gasteiger charge is -2.17. The summed E-state index contributed by atoms with van der Waals surface area (Å²) in [4.78, 5) is 23.0. The summed E-state index contributed by atoms with van der Waals surface area (Å²) in [6.07, 6.45) is 8.25. The molecule has 0 bridgehead atoms. The molecule has 0 saturated carbocycles. The molecule has 20 heavy (non-hydrogen) atoms. The lowest BCUT2D eigenvalue weighted by Crippen LogP contribution is -2.45. The number of carboxylic acids is 1. The number of carboxylic acid groups (broad SMARTS) is 1. The first-order chi connectivity index (χ1) is 9.65. The van der Waals surface area contributed by atoms with Gasteiger partial charge in [0, 0.05) is 6.61 Å². The van der Waals surface area contributed by atoms with Crippen LogP contribution >= 0.6 is 0 Å². The molecule has 2 N–H and O–H groups in total. The summed E-state index contributed by atoms with van der Waals surface area (Å²) in [6, 6.07) is -0.780. The van der Waals surface area contributed by atoms with Crippen LogP contribution in [0.1, 0.15) is 64.7 Å². The van der Waals surface area contributed by atoms with E-state index in [0.717, 1.165) is 25.7 Å². The van der Waals surface area contributed by atoms with Gasteiger partial charge in [-0.05, 0) is 19.3 Å². The summed E-state index contributed by atoms with van der Waals surface area (Å²) >= 11 is 0. The van der Waals surface area contributed by atoms with E-state index in [9.17, 15) is 9.59 Å². The van der Waals surface area contributed by atoms with Gasteiger partial charge in [-0.25, -0.2) is 4.79 Å². The van der Waals surface area contributed by atoms with E-state index in [2.05, 4.69) is 12.2 Å². The summed E-state index contributed by atoms with van der Waals surface area (Å²) in [5.74, 6) is -1.23. The molecular formula is C15H27NO4. The van der Waals surface area contributed by atoms with E-state index in [1.54, 1.807) is 0 Å². The molecule has 2 atom stereocenters. The Bertz CT molecular complexity index is 300. The summed E-state index contributed by atoms with van der Waals surface area (Å²) in [7, 11) is 0. The van der Waals surface area contributed by atoms with E-state index in [1.165, 1.54) is 19.3 Å². The van der Waals surface area contributed by atoms with Gasteiger partial charge >= 0.3 is 5.97 Å². The van der Waals surface area contributed by atoms with Crippen LogP contribution in [0, 0.1) is 0 Å². The molecule has 1 rings (SSSR count). The Labute approximate surface area is 121 Å². The van der Waals surface area contributed by atoms with E-state index in [1.807, 2.05) is 0 Å². The first-order valence-corrected chi connectivity index (χ1v) is 7.80. The number of aliphatic carboxylic acids is 1. The van der Waals surface area contributed by atoms with Crippen LogP contribution in [0.4, 0.5) is 0 Å². The fraction of sp³-hybridized carbons (Fsp3) is 0.867. The lowest BCUT2D eigenvalue weighted by atomic mass is 10.1. The average molecular weight is 285 g/mol. The lowest BCUT2D eigenvalue weighted by molar-refractivity contribution is -0.143. The van der Waals surface area contributed by atoms with Crippen molar-refractivity contribution < 1.29 is 19.4 Å². The molecule has 1 saturated heterocycles. The van der Waals surface area contributed by atoms with E-state index in [-0.39, 0.29) is 5.91 Å². The number of hydrogen-bond donors (Lipinski definition) is 2. The third kappa shape index (κ3) is 6.37. The molecule has 0 aromatic heterocycles. The van der Waals surface area contributed by atoms with Gasteiger partial charge in [0.15, 0.2) is 0 Å². The number of carbonyl (C=O) groups is 2. The van der Waals surface area contributed by atoms with Crippen LogP contribution in [-0.4, -0.2) is 35.7 Å². The fourth-order valence-corrected chi connectivity index (χ4v) is 2.44. The van der Waals surface area contributed by atoms with Gasteiger partial charge in [0.25, 0.3) is 0 Å². The SMILES string of the molecule is CCCCCCCC[C@H](NC(=O)[C@@H]1CCCO1)C(=O)O. The van der Waals surface area contributed by atoms with Crippen molar-refractivity contribution in [3.8, 4) is 0 Å². The second kappa shape index (κ2) is 9.75. The van der Waals surface area contributed by atoms with Crippen molar-refractivity contribution in [2.24, 2.45) is 0 Å². The monoisotopic (exact) mass is 285 g/mol. The highest BCUT2D eigenvalue weighted by Crippen LogP contribution is 2.13. The summed E-state index contributed by atoms with van der Waals surface area (Å²) in [6.45, 7) is 2.76. The molecule has 0 aromatic rings. The van der Waals surface area contributed by atoms with E-state index < -0.39 is 18.1 Å². The third-order valence-electron chi connectivity index (χ3n) is 3.68. The zero-order valence-electron chi connectivity index (χ0n) is 12.4. The van der Waals surface area contributed by atoms with Gasteiger partial charge in [0.1, 0.15) is 12.1 Å². The maximum atomic E-state index is 11.8. The summed E-state index contributed by atoms with van der Waals surface area (Å²) in [5, 5.41) is 11.7. The molecule has 116 valence electrons. The molecule has 0 radical (unpaired) electrons. The van der Waals surface area contributed by atoms with E-state index >= 15 is 0 Å². The number of rotatable bonds is 10. The predicted octanol–water partition coefficient (Wildman–Crippen LogP) is 2.49. The highest BCUT2D eigenvalue weighted by molar-refractivity contribution is 5.86. The second-order valence-corrected chi connectivity index (χ2v) is 5.46. The Kier molecular flexibility index (Phi) is 8.26. The first-order valence-electron chi connectivity index (χ1n) is 7.80. The third-order valence-corrected chi connectivity index (χ3v) is 3.68. The van der Waals surface area contributed by atoms with Crippen molar-refractivity contribution in [2.75, 3.05) is 6.61 Å². The van der Waals surface area contributed by atoms with Crippen molar-refractivity contribution >= 4 is 11.9 Å². The molecule has 1 heterocycles. The minimum atomic E-state index is -0.954. The largest absolute Gasteiger partial charge is 0.480 e. The number of ether oxygens (including phenoxy) is 1. The Morgan fingerprint density at radius 2 is 1.95 bits per heavy atom. The Hall–Kier alpha value is -1.10. The highest BCUT2D eigenvalue weighted by atomic mass is 16.5. The molecular weight excluding hydrogens is 258 g/mol. The predicted molar refractivity (Wildman–Crippen MR) is 76.5 cm³/mol. The molecule has 1 aliphatic rings. The summed E-state index contributed by atoms with van der Waals surface area (Å²) in [5.41, 5.74) is 0. The minimum Gasteiger partial charge on any atom is -0.480 e. The maximum Gasteiger partial charge on any atom is 0.326 e. The van der Waals surface area contributed by atoms with Crippen LogP contribution in [0.15, 0.2) is 0 Å². The summed E-state index contributed by atoms with van der Waals surface area (Å²) < 4.78 is 5.26. The quantitative estimate of drug-likeness (QED) is 0.605. The van der Waals surface area contributed by atoms with Crippen molar-refractivity contribution in [3.05, 3.63) is 0 Å². The standard InChI is InChI=1S/C15H27NO4/c1-2-3-4-5-6-7-9-12(15(18)19)16-14(17)13-10-8-11-20-13/h12-13H,2-11H2,1H3,(H,16,17)(H,18,19)/t12-,13-/m0/s1. The smallest absolute Gasteiger partial charge is 0.326 e. The van der Waals surface area contributed by atoms with Gasteiger partial charge in [0.05, 0.1) is 0 Å². The van der Waals surface area contributed by atoms with Gasteiger partial charge in [-0.15, -0.1) is 0 Å². The minimum absolute atomic E-state index is 0.277. The van der Waals surface area contributed by atoms with Crippen LogP contribution in [-0.2, 0) is 14.3 Å². The van der Waals surface area contributed by atoms with Crippen molar-refractivity contribution in [1.82, 2.24) is 5.32 Å². The van der Waals surface area contributed by atoms with Crippen LogP contribution in [0.5, 0.6) is 0 Å². The average Bonchev–Trinajstić information content (AvgIpc) is 2.95. The van der Waals surface area contributed by atoms with Gasteiger partial charge < -0.3 is 15.2 Å². The van der Waals surface area contributed by atoms with Crippen LogP contribution in [0.2, 0.25) is 0 Å². The Balaban J connectivity index is 2.22. The van der Waals surface area contributed by atoms with Gasteiger partial charge in [-0.1, -0.05) is 45.4 Å². The topological polar surface area (TPSA) is 75.6 Å². The van der Waals surface area contributed by atoms with Crippen molar-refractivity contribution in [2.45, 2.75) is 76.9 Å².